The fourth-order valence-corrected chi connectivity index (χ4v) is 3.57. The molecule has 0 saturated heterocycles. The predicted octanol–water partition coefficient (Wildman–Crippen LogP) is 3.57. The summed E-state index contributed by atoms with van der Waals surface area (Å²) in [5.41, 5.74) is 1.66. The summed E-state index contributed by atoms with van der Waals surface area (Å²) in [6.07, 6.45) is 0.434. The van der Waals surface area contributed by atoms with Gasteiger partial charge in [0.25, 0.3) is 0 Å². The fraction of sp³-hybridized carbons (Fsp3) is 0.316. The topological polar surface area (TPSA) is 69.4 Å². The summed E-state index contributed by atoms with van der Waals surface area (Å²) in [4.78, 5) is 23.9. The van der Waals surface area contributed by atoms with Gasteiger partial charge < -0.3 is 4.74 Å². The molecule has 1 saturated carbocycles. The van der Waals surface area contributed by atoms with E-state index in [0.717, 1.165) is 11.1 Å². The molecule has 1 aliphatic rings. The minimum atomic E-state index is -0.807. The highest BCUT2D eigenvalue weighted by molar-refractivity contribution is 5.81. The molecule has 5 heteroatoms. The zero-order chi connectivity index (χ0) is 17.1. The van der Waals surface area contributed by atoms with Gasteiger partial charge in [-0.25, -0.2) is 0 Å². The summed E-state index contributed by atoms with van der Waals surface area (Å²) in [6.45, 7) is 0. The van der Waals surface area contributed by atoms with Crippen molar-refractivity contribution in [3.63, 3.8) is 0 Å². The normalized spacial score (nSPS) is 23.7. The molecule has 0 N–H and O–H groups in total. The molecule has 24 heavy (non-hydrogen) atoms. The van der Waals surface area contributed by atoms with Crippen LogP contribution in [0.15, 0.2) is 54.6 Å². The van der Waals surface area contributed by atoms with Crippen LogP contribution in [0.4, 0.5) is 0 Å². The third kappa shape index (κ3) is 3.15. The quantitative estimate of drug-likeness (QED) is 0.636. The number of carbonyl (C=O) groups excluding carboxylic acids is 1. The maximum Gasteiger partial charge on any atom is 0.227 e. The molecule has 3 rings (SSSR count). The first-order chi connectivity index (χ1) is 11.6. The second-order valence-electron chi connectivity index (χ2n) is 6.12. The molecule has 0 amide bonds. The Kier molecular flexibility index (Phi) is 4.60. The van der Waals surface area contributed by atoms with Crippen molar-refractivity contribution in [2.45, 2.75) is 30.7 Å². The Morgan fingerprint density at radius 2 is 1.50 bits per heavy atom. The highest BCUT2D eigenvalue weighted by Crippen LogP contribution is 2.41. The van der Waals surface area contributed by atoms with Crippen molar-refractivity contribution in [1.82, 2.24) is 0 Å². The molecule has 1 fully saturated rings. The van der Waals surface area contributed by atoms with E-state index in [9.17, 15) is 14.9 Å². The molecule has 0 aromatic heterocycles. The average Bonchev–Trinajstić information content (AvgIpc) is 2.61. The van der Waals surface area contributed by atoms with Gasteiger partial charge in [0.05, 0.1) is 18.9 Å². The lowest BCUT2D eigenvalue weighted by molar-refractivity contribution is -0.532. The summed E-state index contributed by atoms with van der Waals surface area (Å²) < 4.78 is 5.14. The van der Waals surface area contributed by atoms with E-state index in [4.69, 9.17) is 4.74 Å². The van der Waals surface area contributed by atoms with Crippen LogP contribution in [-0.4, -0.2) is 23.9 Å². The van der Waals surface area contributed by atoms with Crippen LogP contribution in [0.3, 0.4) is 0 Å². The fourth-order valence-electron chi connectivity index (χ4n) is 3.57. The zero-order valence-electron chi connectivity index (χ0n) is 13.4. The first-order valence-corrected chi connectivity index (χ1v) is 7.94. The Morgan fingerprint density at radius 3 is 2.00 bits per heavy atom. The van der Waals surface area contributed by atoms with Gasteiger partial charge in [-0.05, 0) is 23.3 Å². The average molecular weight is 325 g/mol. The van der Waals surface area contributed by atoms with Crippen molar-refractivity contribution < 1.29 is 14.5 Å². The predicted molar refractivity (Wildman–Crippen MR) is 89.9 cm³/mol. The minimum Gasteiger partial charge on any atom is -0.497 e. The second kappa shape index (κ2) is 6.83. The first-order valence-electron chi connectivity index (χ1n) is 7.94. The Labute approximate surface area is 140 Å². The summed E-state index contributed by atoms with van der Waals surface area (Å²) >= 11 is 0. The van der Waals surface area contributed by atoms with E-state index in [1.165, 1.54) is 0 Å². The summed E-state index contributed by atoms with van der Waals surface area (Å²) in [5, 5.41) is 11.8. The van der Waals surface area contributed by atoms with Gasteiger partial charge in [-0.1, -0.05) is 42.5 Å². The number of methoxy groups -OCH3 is 1. The number of hydrogen-bond acceptors (Lipinski definition) is 4. The largest absolute Gasteiger partial charge is 0.497 e. The maximum atomic E-state index is 12.3. The van der Waals surface area contributed by atoms with Crippen molar-refractivity contribution in [3.8, 4) is 5.75 Å². The lowest BCUT2D eigenvalue weighted by atomic mass is 9.71. The Balaban J connectivity index is 1.99. The van der Waals surface area contributed by atoms with Crippen molar-refractivity contribution in [2.75, 3.05) is 7.11 Å². The van der Waals surface area contributed by atoms with Crippen LogP contribution in [0.5, 0.6) is 5.75 Å². The van der Waals surface area contributed by atoms with Crippen LogP contribution in [0.25, 0.3) is 0 Å². The van der Waals surface area contributed by atoms with E-state index in [-0.39, 0.29) is 23.5 Å². The molecule has 2 aromatic carbocycles. The van der Waals surface area contributed by atoms with Crippen LogP contribution in [0, 0.1) is 10.1 Å². The van der Waals surface area contributed by atoms with Crippen molar-refractivity contribution >= 4 is 5.78 Å². The number of nitro groups is 1. The van der Waals surface area contributed by atoms with Crippen molar-refractivity contribution in [1.29, 1.82) is 0 Å². The maximum absolute atomic E-state index is 12.3. The molecular formula is C19H19NO4. The van der Waals surface area contributed by atoms with Crippen LogP contribution in [0.2, 0.25) is 0 Å². The number of nitrogens with zero attached hydrogens (tertiary/aromatic N) is 1. The number of ketones is 1. The van der Waals surface area contributed by atoms with Crippen LogP contribution >= 0.6 is 0 Å². The van der Waals surface area contributed by atoms with Gasteiger partial charge in [-0.2, -0.15) is 0 Å². The Morgan fingerprint density at radius 1 is 0.958 bits per heavy atom. The van der Waals surface area contributed by atoms with Gasteiger partial charge in [0.15, 0.2) is 0 Å². The lowest BCUT2D eigenvalue weighted by Gasteiger charge is -2.32. The van der Waals surface area contributed by atoms with Crippen LogP contribution < -0.4 is 4.74 Å². The lowest BCUT2D eigenvalue weighted by Crippen LogP contribution is -2.40. The number of benzene rings is 2. The number of ether oxygens (including phenoxy) is 1. The number of Topliss-reactive ketones (excluding diaryl/α,β-unsaturated/α-hetero) is 1. The monoisotopic (exact) mass is 325 g/mol. The van der Waals surface area contributed by atoms with Crippen molar-refractivity contribution in [3.05, 3.63) is 75.8 Å². The van der Waals surface area contributed by atoms with Gasteiger partial charge in [-0.3, -0.25) is 14.9 Å². The molecule has 0 radical (unpaired) electrons. The van der Waals surface area contributed by atoms with Gasteiger partial charge in [0, 0.05) is 17.8 Å². The van der Waals surface area contributed by atoms with Gasteiger partial charge >= 0.3 is 0 Å². The van der Waals surface area contributed by atoms with E-state index in [1.54, 1.807) is 19.2 Å². The molecular weight excluding hydrogens is 306 g/mol. The Bertz CT molecular complexity index is 727. The molecule has 0 bridgehead atoms. The van der Waals surface area contributed by atoms with Gasteiger partial charge in [0.2, 0.25) is 6.04 Å². The number of carbonyl (C=O) groups is 1. The Hall–Kier alpha value is -2.69. The minimum absolute atomic E-state index is 0.0720. The zero-order valence-corrected chi connectivity index (χ0v) is 13.4. The standard InChI is InChI=1S/C19H19NO4/c1-24-16-9-7-14(8-10-16)18-12-15(21)11-17(19(18)20(22)23)13-5-3-2-4-6-13/h2-10,17-19H,11-12H2,1H3/t17-,18?,19-/m0/s1. The summed E-state index contributed by atoms with van der Waals surface area (Å²) in [5.74, 6) is -0.0483. The molecule has 5 nitrogen and oxygen atoms in total. The third-order valence-corrected chi connectivity index (χ3v) is 4.73. The van der Waals surface area contributed by atoms with Crippen molar-refractivity contribution in [2.24, 2.45) is 0 Å². The van der Waals surface area contributed by atoms with E-state index >= 15 is 0 Å². The summed E-state index contributed by atoms with van der Waals surface area (Å²) in [6, 6.07) is 15.7. The van der Waals surface area contributed by atoms with E-state index in [2.05, 4.69) is 0 Å². The van der Waals surface area contributed by atoms with E-state index in [1.807, 2.05) is 42.5 Å². The third-order valence-electron chi connectivity index (χ3n) is 4.73. The van der Waals surface area contributed by atoms with Crippen LogP contribution in [0.1, 0.15) is 35.8 Å². The van der Waals surface area contributed by atoms with Gasteiger partial charge in [-0.15, -0.1) is 0 Å². The van der Waals surface area contributed by atoms with Crippen LogP contribution in [-0.2, 0) is 4.79 Å². The molecule has 0 aliphatic heterocycles. The molecule has 124 valence electrons. The molecule has 3 atom stereocenters. The molecule has 2 aromatic rings. The first kappa shape index (κ1) is 16.2. The molecule has 0 heterocycles. The highest BCUT2D eigenvalue weighted by atomic mass is 16.6. The second-order valence-corrected chi connectivity index (χ2v) is 6.12. The smallest absolute Gasteiger partial charge is 0.227 e. The molecule has 0 spiro atoms. The van der Waals surface area contributed by atoms with E-state index in [0.29, 0.717) is 5.75 Å². The molecule has 1 unspecified atom stereocenters. The highest BCUT2D eigenvalue weighted by Gasteiger charge is 2.46. The van der Waals surface area contributed by atoms with Gasteiger partial charge in [0.1, 0.15) is 11.5 Å². The van der Waals surface area contributed by atoms with E-state index < -0.39 is 17.9 Å². The molecule has 1 aliphatic carbocycles. The number of rotatable bonds is 4. The number of hydrogen-bond donors (Lipinski definition) is 0. The summed E-state index contributed by atoms with van der Waals surface area (Å²) in [7, 11) is 1.57. The SMILES string of the molecule is COc1ccc(C2CC(=O)C[C@@H](c3ccccc3)[C@@H]2[N+](=O)[O-])cc1.